The van der Waals surface area contributed by atoms with Crippen molar-refractivity contribution in [3.8, 4) is 17.1 Å². The van der Waals surface area contributed by atoms with Crippen LogP contribution < -0.4 is 10.2 Å². The number of ether oxygens (including phenoxy) is 1. The van der Waals surface area contributed by atoms with Gasteiger partial charge in [-0.3, -0.25) is 4.79 Å². The summed E-state index contributed by atoms with van der Waals surface area (Å²) in [7, 11) is 0. The summed E-state index contributed by atoms with van der Waals surface area (Å²) in [5.74, 6) is 1.17. The maximum atomic E-state index is 12.6. The number of para-hydroxylation sites is 1. The molecule has 0 aliphatic carbocycles. The van der Waals surface area contributed by atoms with Crippen LogP contribution in [0.3, 0.4) is 0 Å². The van der Waals surface area contributed by atoms with Gasteiger partial charge >= 0.3 is 0 Å². The Kier molecular flexibility index (Phi) is 6.90. The van der Waals surface area contributed by atoms with E-state index in [1.54, 1.807) is 42.5 Å². The number of nitrogens with zero attached hydrogens (tertiary/aromatic N) is 1. The first-order chi connectivity index (χ1) is 15.6. The summed E-state index contributed by atoms with van der Waals surface area (Å²) in [6.45, 7) is 0.242. The molecule has 0 saturated heterocycles. The predicted molar refractivity (Wildman–Crippen MR) is 126 cm³/mol. The zero-order valence-corrected chi connectivity index (χ0v) is 18.3. The highest BCUT2D eigenvalue weighted by atomic mass is 35.5. The number of amides is 1. The normalized spacial score (nSPS) is 10.9. The lowest BCUT2D eigenvalue weighted by molar-refractivity contribution is 0.0950. The number of halogens is 2. The Labute approximate surface area is 195 Å². The summed E-state index contributed by atoms with van der Waals surface area (Å²) < 4.78 is 11.6. The number of furan rings is 1. The highest BCUT2D eigenvalue weighted by molar-refractivity contribution is 6.31. The van der Waals surface area contributed by atoms with Gasteiger partial charge in [-0.1, -0.05) is 65.7 Å². The number of rotatable bonds is 7. The van der Waals surface area contributed by atoms with Crippen molar-refractivity contribution < 1.29 is 13.9 Å². The highest BCUT2D eigenvalue weighted by Gasteiger charge is 2.12. The van der Waals surface area contributed by atoms with Crippen LogP contribution in [-0.4, -0.2) is 12.1 Å². The fourth-order valence-corrected chi connectivity index (χ4v) is 3.37. The number of carbonyl (C=O) groups is 1. The highest BCUT2D eigenvalue weighted by Crippen LogP contribution is 2.24. The fraction of sp³-hybridized carbons (Fsp3) is 0.0400. The number of hydrazone groups is 1. The van der Waals surface area contributed by atoms with Crippen molar-refractivity contribution in [1.82, 2.24) is 5.43 Å². The minimum Gasteiger partial charge on any atom is -0.488 e. The lowest BCUT2D eigenvalue weighted by Gasteiger charge is -2.11. The molecule has 0 bridgehead atoms. The van der Waals surface area contributed by atoms with Crippen LogP contribution in [0.2, 0.25) is 10.0 Å². The van der Waals surface area contributed by atoms with Gasteiger partial charge in [0.1, 0.15) is 23.9 Å². The first-order valence-corrected chi connectivity index (χ1v) is 10.5. The van der Waals surface area contributed by atoms with Crippen molar-refractivity contribution in [1.29, 1.82) is 0 Å². The molecule has 0 atom stereocenters. The van der Waals surface area contributed by atoms with E-state index in [1.165, 1.54) is 6.21 Å². The Morgan fingerprint density at radius 2 is 1.78 bits per heavy atom. The second-order valence-corrected chi connectivity index (χ2v) is 7.63. The molecule has 1 aromatic heterocycles. The van der Waals surface area contributed by atoms with E-state index >= 15 is 0 Å². The molecule has 32 heavy (non-hydrogen) atoms. The average Bonchev–Trinajstić information content (AvgIpc) is 3.28. The van der Waals surface area contributed by atoms with Crippen molar-refractivity contribution in [2.24, 2.45) is 5.10 Å². The van der Waals surface area contributed by atoms with Gasteiger partial charge in [0.05, 0.1) is 11.8 Å². The number of hydrogen-bond acceptors (Lipinski definition) is 4. The van der Waals surface area contributed by atoms with Gasteiger partial charge in [-0.05, 0) is 42.5 Å². The van der Waals surface area contributed by atoms with Crippen molar-refractivity contribution in [2.75, 3.05) is 0 Å². The lowest BCUT2D eigenvalue weighted by Crippen LogP contribution is -2.18. The van der Waals surface area contributed by atoms with Crippen molar-refractivity contribution in [3.05, 3.63) is 112 Å². The van der Waals surface area contributed by atoms with Crippen molar-refractivity contribution in [2.45, 2.75) is 6.61 Å². The molecule has 5 nitrogen and oxygen atoms in total. The SMILES string of the molecule is O=C(N/N=C/c1ccc(-c2cccc(Cl)c2)o1)c1ccccc1OCc1ccccc1Cl. The van der Waals surface area contributed by atoms with Gasteiger partial charge in [-0.2, -0.15) is 5.10 Å². The van der Waals surface area contributed by atoms with E-state index in [9.17, 15) is 4.79 Å². The minimum atomic E-state index is -0.405. The van der Waals surface area contributed by atoms with Crippen LogP contribution in [0.4, 0.5) is 0 Å². The molecule has 0 aliphatic heterocycles. The summed E-state index contributed by atoms with van der Waals surface area (Å²) in [5.41, 5.74) is 4.54. The van der Waals surface area contributed by atoms with Crippen molar-refractivity contribution >= 4 is 35.3 Å². The molecule has 160 valence electrons. The van der Waals surface area contributed by atoms with E-state index in [0.29, 0.717) is 32.9 Å². The van der Waals surface area contributed by atoms with Crippen LogP contribution in [0.5, 0.6) is 5.75 Å². The number of hydrogen-bond donors (Lipinski definition) is 1. The Morgan fingerprint density at radius 1 is 0.969 bits per heavy atom. The van der Waals surface area contributed by atoms with E-state index < -0.39 is 5.91 Å². The second kappa shape index (κ2) is 10.2. The Bertz CT molecular complexity index is 1270. The molecular formula is C25H18Cl2N2O3. The molecule has 0 fully saturated rings. The van der Waals surface area contributed by atoms with Gasteiger partial charge in [0.15, 0.2) is 0 Å². The van der Waals surface area contributed by atoms with Crippen molar-refractivity contribution in [3.63, 3.8) is 0 Å². The first kappa shape index (κ1) is 21.7. The van der Waals surface area contributed by atoms with Crippen LogP contribution >= 0.6 is 23.2 Å². The topological polar surface area (TPSA) is 63.8 Å². The molecule has 4 aromatic rings. The van der Waals surface area contributed by atoms with Crippen LogP contribution in [0, 0.1) is 0 Å². The number of benzene rings is 3. The molecule has 1 N–H and O–H groups in total. The van der Waals surface area contributed by atoms with Gasteiger partial charge in [0, 0.05) is 21.2 Å². The Morgan fingerprint density at radius 3 is 2.62 bits per heavy atom. The number of carbonyl (C=O) groups excluding carboxylic acids is 1. The zero-order valence-electron chi connectivity index (χ0n) is 16.8. The molecule has 3 aromatic carbocycles. The predicted octanol–water partition coefficient (Wildman–Crippen LogP) is 6.60. The van der Waals surface area contributed by atoms with E-state index in [-0.39, 0.29) is 6.61 Å². The molecule has 0 spiro atoms. The van der Waals surface area contributed by atoms with Gasteiger partial charge in [0.2, 0.25) is 0 Å². The summed E-state index contributed by atoms with van der Waals surface area (Å²) in [6.07, 6.45) is 1.43. The fourth-order valence-electron chi connectivity index (χ4n) is 2.98. The van der Waals surface area contributed by atoms with Crippen LogP contribution in [0.15, 0.2) is 94.4 Å². The van der Waals surface area contributed by atoms with E-state index in [4.69, 9.17) is 32.4 Å². The third kappa shape index (κ3) is 5.38. The maximum Gasteiger partial charge on any atom is 0.275 e. The van der Waals surface area contributed by atoms with Gasteiger partial charge in [-0.15, -0.1) is 0 Å². The maximum absolute atomic E-state index is 12.6. The third-order valence-corrected chi connectivity index (χ3v) is 5.17. The smallest absolute Gasteiger partial charge is 0.275 e. The summed E-state index contributed by atoms with van der Waals surface area (Å²) >= 11 is 12.2. The van der Waals surface area contributed by atoms with Gasteiger partial charge in [0.25, 0.3) is 5.91 Å². The molecule has 1 amide bonds. The molecule has 0 saturated carbocycles. The standard InChI is InChI=1S/C25H18Cl2N2O3/c26-19-8-5-7-17(14-19)23-13-12-20(32-23)15-28-29-25(30)21-9-2-4-11-24(21)31-16-18-6-1-3-10-22(18)27/h1-15H,16H2,(H,29,30)/b28-15+. The Hall–Kier alpha value is -3.54. The Balaban J connectivity index is 1.40. The second-order valence-electron chi connectivity index (χ2n) is 6.79. The minimum absolute atomic E-state index is 0.242. The van der Waals surface area contributed by atoms with E-state index in [0.717, 1.165) is 11.1 Å². The summed E-state index contributed by atoms with van der Waals surface area (Å²) in [6, 6.07) is 25.2. The third-order valence-electron chi connectivity index (χ3n) is 4.57. The monoisotopic (exact) mass is 464 g/mol. The largest absolute Gasteiger partial charge is 0.488 e. The molecule has 0 radical (unpaired) electrons. The lowest BCUT2D eigenvalue weighted by atomic mass is 10.2. The summed E-state index contributed by atoms with van der Waals surface area (Å²) in [5, 5.41) is 5.22. The molecule has 0 unspecified atom stereocenters. The molecular weight excluding hydrogens is 447 g/mol. The van der Waals surface area contributed by atoms with Gasteiger partial charge in [-0.25, -0.2) is 5.43 Å². The number of nitrogens with one attached hydrogen (secondary N) is 1. The van der Waals surface area contributed by atoms with E-state index in [1.807, 2.05) is 42.5 Å². The van der Waals surface area contributed by atoms with Gasteiger partial charge < -0.3 is 9.15 Å². The van der Waals surface area contributed by atoms with Crippen LogP contribution in [0.25, 0.3) is 11.3 Å². The van der Waals surface area contributed by atoms with E-state index in [2.05, 4.69) is 10.5 Å². The quantitative estimate of drug-likeness (QED) is 0.247. The molecule has 0 aliphatic rings. The average molecular weight is 465 g/mol. The van der Waals surface area contributed by atoms with Crippen LogP contribution in [-0.2, 0) is 6.61 Å². The molecule has 4 rings (SSSR count). The first-order valence-electron chi connectivity index (χ1n) is 9.74. The van der Waals surface area contributed by atoms with Crippen LogP contribution in [0.1, 0.15) is 21.7 Å². The molecule has 7 heteroatoms. The molecule has 1 heterocycles. The summed E-state index contributed by atoms with van der Waals surface area (Å²) in [4.78, 5) is 12.6. The zero-order chi connectivity index (χ0) is 22.3.